The Balaban J connectivity index is 0.903. The maximum Gasteiger partial charge on any atom is 0.329 e. The van der Waals surface area contributed by atoms with Crippen molar-refractivity contribution < 1.29 is 13.8 Å². The highest BCUT2D eigenvalue weighted by atomic mass is 32.2. The lowest BCUT2D eigenvalue weighted by Gasteiger charge is -2.38. The molecule has 4 aliphatic rings. The Morgan fingerprint density at radius 1 is 0.913 bits per heavy atom. The van der Waals surface area contributed by atoms with Crippen LogP contribution in [0.25, 0.3) is 10.9 Å². The van der Waals surface area contributed by atoms with Crippen molar-refractivity contribution in [2.24, 2.45) is 18.7 Å². The maximum absolute atomic E-state index is 13.2. The van der Waals surface area contributed by atoms with Gasteiger partial charge < -0.3 is 15.5 Å². The third-order valence-corrected chi connectivity index (χ3v) is 12.0. The van der Waals surface area contributed by atoms with E-state index in [0.717, 1.165) is 87.3 Å². The average molecular weight is 647 g/mol. The Kier molecular flexibility index (Phi) is 9.13. The molecule has 12 heteroatoms. The van der Waals surface area contributed by atoms with Crippen molar-refractivity contribution in [3.8, 4) is 0 Å². The van der Waals surface area contributed by atoms with Gasteiger partial charge in [0.15, 0.2) is 5.82 Å². The van der Waals surface area contributed by atoms with E-state index >= 15 is 0 Å². The molecule has 3 N–H and O–H groups in total. The number of aromatic nitrogens is 2. The van der Waals surface area contributed by atoms with Crippen LogP contribution in [0.5, 0.6) is 0 Å². The standard InChI is InChI=1S/C34H46N8O3S/c1-38-31-21-26(5-6-30(31)33(37-38)42-20-13-32(43)36-34(42)44)25-9-14-39(15-10-25)23-24-7-16-40(17-8-24)28-3-2-4-29(22-28)46(45)41-18-11-27(35)12-19-41/h2-6,21-22,24-25,27H,7-20,23,35H2,1H3,(H,36,43,44). The number of hydrogen-bond acceptors (Lipinski definition) is 7. The van der Waals surface area contributed by atoms with Crippen LogP contribution in [0.4, 0.5) is 16.3 Å². The molecule has 1 unspecified atom stereocenters. The highest BCUT2D eigenvalue weighted by Crippen LogP contribution is 2.34. The molecule has 246 valence electrons. The van der Waals surface area contributed by atoms with E-state index in [2.05, 4.69) is 60.9 Å². The number of nitrogens with two attached hydrogens (primary N) is 1. The fourth-order valence-electron chi connectivity index (χ4n) is 7.64. The molecule has 11 nitrogen and oxygen atoms in total. The van der Waals surface area contributed by atoms with Crippen molar-refractivity contribution in [3.63, 3.8) is 0 Å². The van der Waals surface area contributed by atoms with Gasteiger partial charge in [-0.05, 0) is 99.3 Å². The van der Waals surface area contributed by atoms with E-state index in [1.807, 2.05) is 17.8 Å². The summed E-state index contributed by atoms with van der Waals surface area (Å²) in [5, 5.41) is 7.99. The number of nitrogens with zero attached hydrogens (tertiary/aromatic N) is 6. The van der Waals surface area contributed by atoms with Crippen LogP contribution in [0.3, 0.4) is 0 Å². The van der Waals surface area contributed by atoms with Crippen LogP contribution in [-0.4, -0.2) is 93.5 Å². The van der Waals surface area contributed by atoms with Gasteiger partial charge >= 0.3 is 6.03 Å². The highest BCUT2D eigenvalue weighted by molar-refractivity contribution is 7.82. The molecule has 1 atom stereocenters. The van der Waals surface area contributed by atoms with E-state index in [0.29, 0.717) is 24.2 Å². The van der Waals surface area contributed by atoms with Gasteiger partial charge in [0.05, 0.1) is 10.4 Å². The van der Waals surface area contributed by atoms with Gasteiger partial charge in [-0.3, -0.25) is 19.7 Å². The predicted octanol–water partition coefficient (Wildman–Crippen LogP) is 3.56. The SMILES string of the molecule is Cn1nc(N2CCC(=O)NC2=O)c2ccc(C3CCN(CC4CCN(c5cccc(S(=O)N6CCC(N)CC6)c5)CC4)CC3)cc21. The first-order valence-corrected chi connectivity index (χ1v) is 18.0. The van der Waals surface area contributed by atoms with Crippen molar-refractivity contribution in [2.45, 2.75) is 61.8 Å². The molecule has 0 aliphatic carbocycles. The summed E-state index contributed by atoms with van der Waals surface area (Å²) in [5.74, 6) is 1.59. The number of urea groups is 1. The number of hydrogen-bond donors (Lipinski definition) is 2. The molecule has 46 heavy (non-hydrogen) atoms. The molecule has 5 heterocycles. The van der Waals surface area contributed by atoms with Crippen molar-refractivity contribution in [3.05, 3.63) is 48.0 Å². The van der Waals surface area contributed by atoms with Gasteiger partial charge in [-0.1, -0.05) is 12.1 Å². The zero-order chi connectivity index (χ0) is 31.8. The average Bonchev–Trinajstić information content (AvgIpc) is 3.40. The molecule has 0 spiro atoms. The zero-order valence-corrected chi connectivity index (χ0v) is 27.6. The zero-order valence-electron chi connectivity index (χ0n) is 26.8. The van der Waals surface area contributed by atoms with Crippen molar-refractivity contribution in [2.75, 3.05) is 62.2 Å². The van der Waals surface area contributed by atoms with Crippen LogP contribution in [-0.2, 0) is 22.8 Å². The number of aryl methyl sites for hydroxylation is 1. The smallest absolute Gasteiger partial charge is 0.329 e. The fraction of sp³-hybridized carbons (Fsp3) is 0.559. The summed E-state index contributed by atoms with van der Waals surface area (Å²) >= 11 is 0. The third kappa shape index (κ3) is 6.58. The minimum absolute atomic E-state index is 0.233. The molecule has 7 rings (SSSR count). The Bertz CT molecular complexity index is 1600. The number of benzene rings is 2. The summed E-state index contributed by atoms with van der Waals surface area (Å²) in [6.45, 7) is 7.40. The van der Waals surface area contributed by atoms with Gasteiger partial charge in [0, 0.05) is 69.9 Å². The van der Waals surface area contributed by atoms with Crippen LogP contribution >= 0.6 is 0 Å². The second kappa shape index (κ2) is 13.4. The van der Waals surface area contributed by atoms with Crippen molar-refractivity contribution in [1.82, 2.24) is 24.3 Å². The van der Waals surface area contributed by atoms with Gasteiger partial charge in [0.1, 0.15) is 11.0 Å². The summed E-state index contributed by atoms with van der Waals surface area (Å²) in [7, 11) is 0.791. The predicted molar refractivity (Wildman–Crippen MR) is 181 cm³/mol. The van der Waals surface area contributed by atoms with Crippen LogP contribution in [0.1, 0.15) is 56.4 Å². The highest BCUT2D eigenvalue weighted by Gasteiger charge is 2.30. The van der Waals surface area contributed by atoms with Crippen LogP contribution in [0.2, 0.25) is 0 Å². The number of amides is 3. The van der Waals surface area contributed by atoms with Gasteiger partial charge in [-0.15, -0.1) is 0 Å². The molecule has 3 aromatic rings. The first kappa shape index (κ1) is 31.3. The summed E-state index contributed by atoms with van der Waals surface area (Å²) in [4.78, 5) is 31.6. The molecule has 4 fully saturated rings. The van der Waals surface area contributed by atoms with E-state index in [1.165, 1.54) is 24.1 Å². The van der Waals surface area contributed by atoms with Gasteiger partial charge in [-0.2, -0.15) is 5.10 Å². The van der Waals surface area contributed by atoms with E-state index in [-0.39, 0.29) is 18.4 Å². The number of nitrogens with one attached hydrogen (secondary N) is 1. The second-order valence-electron chi connectivity index (χ2n) is 13.5. The van der Waals surface area contributed by atoms with Crippen LogP contribution < -0.4 is 20.9 Å². The number of rotatable bonds is 7. The first-order chi connectivity index (χ1) is 22.3. The fourth-order valence-corrected chi connectivity index (χ4v) is 8.90. The quantitative estimate of drug-likeness (QED) is 0.403. The van der Waals surface area contributed by atoms with Crippen molar-refractivity contribution >= 4 is 45.3 Å². The molecular weight excluding hydrogens is 600 g/mol. The molecule has 1 aromatic heterocycles. The number of carbonyl (C=O) groups excluding carboxylic acids is 2. The topological polar surface area (TPSA) is 120 Å². The number of anilines is 2. The summed E-state index contributed by atoms with van der Waals surface area (Å²) in [6.07, 6.45) is 6.74. The maximum atomic E-state index is 13.2. The van der Waals surface area contributed by atoms with Gasteiger partial charge in [-0.25, -0.2) is 13.3 Å². The lowest BCUT2D eigenvalue weighted by Crippen LogP contribution is -2.49. The molecule has 0 saturated carbocycles. The molecule has 2 aromatic carbocycles. The monoisotopic (exact) mass is 646 g/mol. The second-order valence-corrected chi connectivity index (χ2v) is 15.0. The van der Waals surface area contributed by atoms with Gasteiger partial charge in [0.25, 0.3) is 0 Å². The van der Waals surface area contributed by atoms with Crippen molar-refractivity contribution in [1.29, 1.82) is 0 Å². The molecule has 0 bridgehead atoms. The Morgan fingerprint density at radius 3 is 2.41 bits per heavy atom. The third-order valence-electron chi connectivity index (χ3n) is 10.5. The molecular formula is C34H46N8O3S. The van der Waals surface area contributed by atoms with E-state index in [1.54, 1.807) is 4.90 Å². The minimum atomic E-state index is -1.13. The molecule has 3 amide bonds. The normalized spacial score (nSPS) is 22.5. The number of imide groups is 1. The van der Waals surface area contributed by atoms with E-state index in [4.69, 9.17) is 5.73 Å². The molecule has 4 aliphatic heterocycles. The lowest BCUT2D eigenvalue weighted by molar-refractivity contribution is -0.120. The van der Waals surface area contributed by atoms with Crippen LogP contribution in [0, 0.1) is 5.92 Å². The minimum Gasteiger partial charge on any atom is -0.371 e. The summed E-state index contributed by atoms with van der Waals surface area (Å²) in [5.41, 5.74) is 9.58. The van der Waals surface area contributed by atoms with E-state index < -0.39 is 17.0 Å². The largest absolute Gasteiger partial charge is 0.371 e. The Hall–Kier alpha value is -3.32. The molecule has 0 radical (unpaired) electrons. The van der Waals surface area contributed by atoms with Crippen LogP contribution in [0.15, 0.2) is 47.4 Å². The molecule has 4 saturated heterocycles. The first-order valence-electron chi connectivity index (χ1n) is 16.9. The number of fused-ring (bicyclic) bond motifs is 1. The number of likely N-dealkylation sites (tertiary alicyclic amines) is 1. The van der Waals surface area contributed by atoms with E-state index in [9.17, 15) is 13.8 Å². The lowest BCUT2D eigenvalue weighted by atomic mass is 9.88. The summed E-state index contributed by atoms with van der Waals surface area (Å²) < 4.78 is 17.1. The Labute approximate surface area is 273 Å². The summed E-state index contributed by atoms with van der Waals surface area (Å²) in [6, 6.07) is 14.7. The van der Waals surface area contributed by atoms with Gasteiger partial charge in [0.2, 0.25) is 5.91 Å². The Morgan fingerprint density at radius 2 is 1.67 bits per heavy atom. The number of carbonyl (C=O) groups is 2. The number of piperidine rings is 3.